The number of carbonyl (C=O) groups excluding carboxylic acids is 2. The number of aromatic hydroxyl groups is 1. The Bertz CT molecular complexity index is 609. The van der Waals surface area contributed by atoms with Gasteiger partial charge in [0.05, 0.1) is 0 Å². The number of amides is 1. The number of Topliss-reactive ketones (excluding diaryl/α,β-unsaturated/α-hetero) is 1. The zero-order valence-corrected chi connectivity index (χ0v) is 15.0. The first-order chi connectivity index (χ1) is 12.0. The molecule has 0 spiro atoms. The third-order valence-corrected chi connectivity index (χ3v) is 4.96. The number of halogens is 1. The Hall–Kier alpha value is -1.95. The molecule has 1 aliphatic rings. The average Bonchev–Trinajstić information content (AvgIpc) is 2.63. The number of hydrogen-bond acceptors (Lipinski definition) is 4. The fraction of sp³-hybridized carbons (Fsp3) is 0.579. The maximum absolute atomic E-state index is 13.3. The lowest BCUT2D eigenvalue weighted by atomic mass is 10.1. The minimum Gasteiger partial charge on any atom is -0.505 e. The molecule has 1 aliphatic heterocycles. The number of carbonyl (C=O) groups is 2. The molecule has 0 aromatic heterocycles. The van der Waals surface area contributed by atoms with Crippen molar-refractivity contribution >= 4 is 11.7 Å². The molecule has 1 fully saturated rings. The summed E-state index contributed by atoms with van der Waals surface area (Å²) in [7, 11) is 0. The second-order valence-electron chi connectivity index (χ2n) is 6.48. The SMILES string of the molecule is CCC(CC)N1CCN(C(=O)CCC(=O)c2ccc(O)c(F)c2)CC1. The van der Waals surface area contributed by atoms with Gasteiger partial charge in [-0.15, -0.1) is 0 Å². The van der Waals surface area contributed by atoms with Gasteiger partial charge in [0.2, 0.25) is 5.91 Å². The molecule has 0 unspecified atom stereocenters. The number of ketones is 1. The van der Waals surface area contributed by atoms with Crippen molar-refractivity contribution in [1.29, 1.82) is 0 Å². The molecule has 0 saturated carbocycles. The number of nitrogens with zero attached hydrogens (tertiary/aromatic N) is 2. The summed E-state index contributed by atoms with van der Waals surface area (Å²) in [6.07, 6.45) is 2.41. The Morgan fingerprint density at radius 2 is 1.76 bits per heavy atom. The molecule has 1 amide bonds. The fourth-order valence-electron chi connectivity index (χ4n) is 3.34. The van der Waals surface area contributed by atoms with E-state index in [1.807, 2.05) is 4.90 Å². The zero-order chi connectivity index (χ0) is 18.4. The zero-order valence-electron chi connectivity index (χ0n) is 15.0. The molecular formula is C19H27FN2O3. The van der Waals surface area contributed by atoms with E-state index in [4.69, 9.17) is 5.11 Å². The fourth-order valence-corrected chi connectivity index (χ4v) is 3.34. The van der Waals surface area contributed by atoms with E-state index in [1.54, 1.807) is 0 Å². The molecule has 1 aromatic carbocycles. The van der Waals surface area contributed by atoms with Crippen molar-refractivity contribution in [2.45, 2.75) is 45.6 Å². The second-order valence-corrected chi connectivity index (χ2v) is 6.48. The van der Waals surface area contributed by atoms with Gasteiger partial charge in [-0.05, 0) is 31.0 Å². The summed E-state index contributed by atoms with van der Waals surface area (Å²) in [6, 6.07) is 4.11. The molecule has 5 nitrogen and oxygen atoms in total. The lowest BCUT2D eigenvalue weighted by molar-refractivity contribution is -0.133. The minimum atomic E-state index is -0.824. The highest BCUT2D eigenvalue weighted by molar-refractivity contribution is 5.98. The van der Waals surface area contributed by atoms with Crippen LogP contribution in [0.3, 0.4) is 0 Å². The summed E-state index contributed by atoms with van der Waals surface area (Å²) in [4.78, 5) is 28.6. The largest absolute Gasteiger partial charge is 0.505 e. The third-order valence-electron chi connectivity index (χ3n) is 4.96. The smallest absolute Gasteiger partial charge is 0.223 e. The van der Waals surface area contributed by atoms with Gasteiger partial charge in [-0.25, -0.2) is 4.39 Å². The molecule has 6 heteroatoms. The molecule has 0 radical (unpaired) electrons. The first kappa shape index (κ1) is 19.4. The summed E-state index contributed by atoms with van der Waals surface area (Å²) in [5, 5.41) is 9.16. The summed E-state index contributed by atoms with van der Waals surface area (Å²) in [5.41, 5.74) is 0.182. The van der Waals surface area contributed by atoms with Gasteiger partial charge in [0.15, 0.2) is 17.3 Å². The van der Waals surface area contributed by atoms with Gasteiger partial charge in [-0.1, -0.05) is 13.8 Å². The van der Waals surface area contributed by atoms with E-state index in [0.29, 0.717) is 19.1 Å². The van der Waals surface area contributed by atoms with Crippen LogP contribution in [0.2, 0.25) is 0 Å². The van der Waals surface area contributed by atoms with Crippen molar-refractivity contribution in [2.24, 2.45) is 0 Å². The van der Waals surface area contributed by atoms with E-state index in [2.05, 4.69) is 18.7 Å². The number of phenolic OH excluding ortho intramolecular Hbond substituents is 1. The Balaban J connectivity index is 1.81. The van der Waals surface area contributed by atoms with E-state index < -0.39 is 11.6 Å². The molecule has 0 aliphatic carbocycles. The molecule has 2 rings (SSSR count). The monoisotopic (exact) mass is 350 g/mol. The maximum atomic E-state index is 13.3. The van der Waals surface area contributed by atoms with Crippen LogP contribution in [-0.2, 0) is 4.79 Å². The van der Waals surface area contributed by atoms with Crippen LogP contribution in [0.25, 0.3) is 0 Å². The van der Waals surface area contributed by atoms with Crippen molar-refractivity contribution in [3.8, 4) is 5.75 Å². The van der Waals surface area contributed by atoms with Gasteiger partial charge >= 0.3 is 0 Å². The van der Waals surface area contributed by atoms with Gasteiger partial charge < -0.3 is 10.0 Å². The summed E-state index contributed by atoms with van der Waals surface area (Å²) in [5.74, 6) is -1.63. The van der Waals surface area contributed by atoms with Crippen molar-refractivity contribution in [1.82, 2.24) is 9.80 Å². The number of piperazine rings is 1. The van der Waals surface area contributed by atoms with Crippen LogP contribution in [-0.4, -0.2) is 58.8 Å². The Morgan fingerprint density at radius 3 is 2.32 bits per heavy atom. The van der Waals surface area contributed by atoms with Crippen LogP contribution < -0.4 is 0 Å². The Labute approximate surface area is 148 Å². The molecule has 138 valence electrons. The lowest BCUT2D eigenvalue weighted by Crippen LogP contribution is -2.51. The van der Waals surface area contributed by atoms with Crippen LogP contribution in [0.5, 0.6) is 5.75 Å². The quantitative estimate of drug-likeness (QED) is 0.768. The highest BCUT2D eigenvalue weighted by Gasteiger charge is 2.24. The highest BCUT2D eigenvalue weighted by atomic mass is 19.1. The van der Waals surface area contributed by atoms with Crippen LogP contribution in [0.1, 0.15) is 49.9 Å². The molecule has 0 bridgehead atoms. The Morgan fingerprint density at radius 1 is 1.12 bits per heavy atom. The van der Waals surface area contributed by atoms with E-state index >= 15 is 0 Å². The van der Waals surface area contributed by atoms with E-state index in [0.717, 1.165) is 38.1 Å². The molecule has 0 atom stereocenters. The molecule has 25 heavy (non-hydrogen) atoms. The van der Waals surface area contributed by atoms with Crippen LogP contribution in [0, 0.1) is 5.82 Å². The molecule has 1 aromatic rings. The van der Waals surface area contributed by atoms with Gasteiger partial charge in [0.25, 0.3) is 0 Å². The molecular weight excluding hydrogens is 323 g/mol. The van der Waals surface area contributed by atoms with Crippen LogP contribution >= 0.6 is 0 Å². The van der Waals surface area contributed by atoms with E-state index in [-0.39, 0.29) is 30.1 Å². The third kappa shape index (κ3) is 5.01. The van der Waals surface area contributed by atoms with Crippen molar-refractivity contribution < 1.29 is 19.1 Å². The first-order valence-electron chi connectivity index (χ1n) is 8.99. The maximum Gasteiger partial charge on any atom is 0.223 e. The Kier molecular flexibility index (Phi) is 6.93. The summed E-state index contributed by atoms with van der Waals surface area (Å²) in [6.45, 7) is 7.49. The number of phenols is 1. The van der Waals surface area contributed by atoms with Gasteiger partial charge in [0, 0.05) is 50.6 Å². The van der Waals surface area contributed by atoms with Crippen molar-refractivity contribution in [3.63, 3.8) is 0 Å². The van der Waals surface area contributed by atoms with Gasteiger partial charge in [0.1, 0.15) is 0 Å². The standard InChI is InChI=1S/C19H27FN2O3/c1-3-15(4-2)21-9-11-22(12-10-21)19(25)8-7-17(23)14-5-6-18(24)16(20)13-14/h5-6,13,15,24H,3-4,7-12H2,1-2H3. The van der Waals surface area contributed by atoms with E-state index in [1.165, 1.54) is 6.07 Å². The molecule has 1 saturated heterocycles. The van der Waals surface area contributed by atoms with Crippen LogP contribution in [0.4, 0.5) is 4.39 Å². The van der Waals surface area contributed by atoms with Crippen molar-refractivity contribution in [2.75, 3.05) is 26.2 Å². The van der Waals surface area contributed by atoms with Crippen molar-refractivity contribution in [3.05, 3.63) is 29.6 Å². The topological polar surface area (TPSA) is 60.9 Å². The molecule has 1 heterocycles. The number of benzene rings is 1. The van der Waals surface area contributed by atoms with Gasteiger partial charge in [-0.3, -0.25) is 14.5 Å². The molecule has 1 N–H and O–H groups in total. The minimum absolute atomic E-state index is 0.0307. The summed E-state index contributed by atoms with van der Waals surface area (Å²) >= 11 is 0. The normalized spacial score (nSPS) is 15.6. The highest BCUT2D eigenvalue weighted by Crippen LogP contribution is 2.18. The number of hydrogen-bond donors (Lipinski definition) is 1. The number of rotatable bonds is 7. The lowest BCUT2D eigenvalue weighted by Gasteiger charge is -2.38. The van der Waals surface area contributed by atoms with Crippen LogP contribution in [0.15, 0.2) is 18.2 Å². The summed E-state index contributed by atoms with van der Waals surface area (Å²) < 4.78 is 13.3. The van der Waals surface area contributed by atoms with E-state index in [9.17, 15) is 14.0 Å². The average molecular weight is 350 g/mol. The predicted octanol–water partition coefficient (Wildman–Crippen LogP) is 2.83. The second kappa shape index (κ2) is 8.94. The van der Waals surface area contributed by atoms with Gasteiger partial charge in [-0.2, -0.15) is 0 Å². The predicted molar refractivity (Wildman–Crippen MR) is 94.2 cm³/mol. The first-order valence-corrected chi connectivity index (χ1v) is 8.99.